The van der Waals surface area contributed by atoms with Gasteiger partial charge in [-0.05, 0) is 52.6 Å². The summed E-state index contributed by atoms with van der Waals surface area (Å²) in [6.45, 7) is 10.3. The highest BCUT2D eigenvalue weighted by Gasteiger charge is 2.49. The molecule has 37 heavy (non-hydrogen) atoms. The van der Waals surface area contributed by atoms with Crippen molar-refractivity contribution in [3.63, 3.8) is 0 Å². The molecule has 0 radical (unpaired) electrons. The second-order valence-electron chi connectivity index (χ2n) is 11.8. The Hall–Kier alpha value is -0.683. The molecule has 1 nitrogen and oxygen atoms in total. The Morgan fingerprint density at radius 2 is 1.19 bits per heavy atom. The number of rotatable bonds is 16. The van der Waals surface area contributed by atoms with Crippen LogP contribution in [-0.2, 0) is 4.43 Å². The second-order valence-corrected chi connectivity index (χ2v) is 19.3. The lowest BCUT2D eigenvalue weighted by Crippen LogP contribution is -2.66. The Kier molecular flexibility index (Phi) is 13.2. The molecule has 4 heteroatoms. The fourth-order valence-electron chi connectivity index (χ4n) is 5.87. The van der Waals surface area contributed by atoms with Crippen LogP contribution in [0.2, 0.25) is 5.04 Å². The standard InChI is InChI=1S/C33H52OS2Si/c1-5-6-7-8-17-25-33(35-28-20-29-36-33)26-18-9-10-19-27-34-37(32(2,3)4,30-21-13-11-14-22-30)31-23-15-12-16-24-31/h11-16,21-24H,5-10,17-20,25-29H2,1-4H3. The quantitative estimate of drug-likeness (QED) is 0.150. The summed E-state index contributed by atoms with van der Waals surface area (Å²) < 4.78 is 7.61. The first-order valence-corrected chi connectivity index (χ1v) is 18.8. The van der Waals surface area contributed by atoms with Crippen LogP contribution in [0.3, 0.4) is 0 Å². The number of hydrogen-bond donors (Lipinski definition) is 0. The van der Waals surface area contributed by atoms with Crippen molar-refractivity contribution < 1.29 is 4.43 Å². The maximum atomic E-state index is 7.10. The van der Waals surface area contributed by atoms with Gasteiger partial charge in [-0.25, -0.2) is 0 Å². The molecule has 0 saturated carbocycles. The summed E-state index contributed by atoms with van der Waals surface area (Å²) in [5, 5.41) is 2.84. The SMILES string of the molecule is CCCCCCCC1(CCCCCCO[Si](c2ccccc2)(c2ccccc2)C(C)(C)C)SCCCS1. The van der Waals surface area contributed by atoms with Crippen LogP contribution in [0.4, 0.5) is 0 Å². The van der Waals surface area contributed by atoms with Gasteiger partial charge >= 0.3 is 0 Å². The second kappa shape index (κ2) is 15.8. The summed E-state index contributed by atoms with van der Waals surface area (Å²) in [7, 11) is -2.39. The lowest BCUT2D eigenvalue weighted by atomic mass is 10.0. The Morgan fingerprint density at radius 3 is 1.68 bits per heavy atom. The van der Waals surface area contributed by atoms with E-state index in [1.54, 1.807) is 0 Å². The Bertz CT molecular complexity index is 819. The van der Waals surface area contributed by atoms with Crippen molar-refractivity contribution in [3.05, 3.63) is 60.7 Å². The van der Waals surface area contributed by atoms with E-state index in [2.05, 4.69) is 112 Å². The lowest BCUT2D eigenvalue weighted by Gasteiger charge is -2.43. The third-order valence-corrected chi connectivity index (χ3v) is 16.5. The minimum atomic E-state index is -2.39. The van der Waals surface area contributed by atoms with Gasteiger partial charge in [-0.2, -0.15) is 0 Å². The zero-order valence-electron chi connectivity index (χ0n) is 24.1. The van der Waals surface area contributed by atoms with Crippen LogP contribution >= 0.6 is 23.5 Å². The van der Waals surface area contributed by atoms with E-state index in [-0.39, 0.29) is 5.04 Å². The Labute approximate surface area is 238 Å². The van der Waals surface area contributed by atoms with E-state index in [0.29, 0.717) is 4.08 Å². The van der Waals surface area contributed by atoms with Crippen LogP contribution in [0.25, 0.3) is 0 Å². The molecule has 0 amide bonds. The number of hydrogen-bond acceptors (Lipinski definition) is 3. The first kappa shape index (κ1) is 30.9. The first-order valence-electron chi connectivity index (χ1n) is 15.0. The van der Waals surface area contributed by atoms with Crippen molar-refractivity contribution in [1.29, 1.82) is 0 Å². The Balaban J connectivity index is 1.53. The molecule has 1 fully saturated rings. The molecular weight excluding hydrogens is 505 g/mol. The summed E-state index contributed by atoms with van der Waals surface area (Å²) in [4.78, 5) is 0. The molecule has 0 aromatic heterocycles. The molecule has 0 unspecified atom stereocenters. The molecule has 1 aliphatic rings. The zero-order chi connectivity index (χ0) is 26.5. The number of unbranched alkanes of at least 4 members (excludes halogenated alkanes) is 7. The topological polar surface area (TPSA) is 9.23 Å². The van der Waals surface area contributed by atoms with Gasteiger partial charge in [0, 0.05) is 6.61 Å². The van der Waals surface area contributed by atoms with Gasteiger partial charge in [0.15, 0.2) is 0 Å². The summed E-state index contributed by atoms with van der Waals surface area (Å²) in [6.07, 6.45) is 16.4. The van der Waals surface area contributed by atoms with Gasteiger partial charge < -0.3 is 4.43 Å². The largest absolute Gasteiger partial charge is 0.407 e. The highest BCUT2D eigenvalue weighted by Crippen LogP contribution is 2.49. The first-order chi connectivity index (χ1) is 17.9. The van der Waals surface area contributed by atoms with Gasteiger partial charge in [0.2, 0.25) is 0 Å². The third kappa shape index (κ3) is 8.91. The summed E-state index contributed by atoms with van der Waals surface area (Å²) in [6, 6.07) is 22.1. The fourth-order valence-corrected chi connectivity index (χ4v) is 14.0. The molecule has 0 N–H and O–H groups in total. The van der Waals surface area contributed by atoms with Crippen LogP contribution in [0, 0.1) is 0 Å². The molecule has 0 bridgehead atoms. The Morgan fingerprint density at radius 1 is 0.703 bits per heavy atom. The van der Waals surface area contributed by atoms with Crippen molar-refractivity contribution in [2.24, 2.45) is 0 Å². The smallest absolute Gasteiger partial charge is 0.261 e. The molecule has 0 spiro atoms. The van der Waals surface area contributed by atoms with E-state index in [1.807, 2.05) is 0 Å². The average Bonchev–Trinajstić information content (AvgIpc) is 2.91. The summed E-state index contributed by atoms with van der Waals surface area (Å²) >= 11 is 4.58. The lowest BCUT2D eigenvalue weighted by molar-refractivity contribution is 0.286. The molecule has 1 saturated heterocycles. The van der Waals surface area contributed by atoms with Gasteiger partial charge in [-0.15, -0.1) is 23.5 Å². The third-order valence-electron chi connectivity index (χ3n) is 7.87. The molecular formula is C33H52OS2Si. The van der Waals surface area contributed by atoms with Crippen LogP contribution < -0.4 is 10.4 Å². The van der Waals surface area contributed by atoms with Gasteiger partial charge in [0.1, 0.15) is 0 Å². The van der Waals surface area contributed by atoms with E-state index in [0.717, 1.165) is 13.0 Å². The van der Waals surface area contributed by atoms with E-state index >= 15 is 0 Å². The summed E-state index contributed by atoms with van der Waals surface area (Å²) in [5.74, 6) is 2.74. The average molecular weight is 557 g/mol. The molecule has 1 heterocycles. The number of benzene rings is 2. The molecule has 2 aromatic rings. The van der Waals surface area contributed by atoms with Crippen molar-refractivity contribution in [2.45, 2.75) is 114 Å². The van der Waals surface area contributed by atoms with E-state index in [9.17, 15) is 0 Å². The van der Waals surface area contributed by atoms with Crippen molar-refractivity contribution in [1.82, 2.24) is 0 Å². The van der Waals surface area contributed by atoms with Crippen molar-refractivity contribution >= 4 is 42.2 Å². The van der Waals surface area contributed by atoms with Crippen LogP contribution in [0.5, 0.6) is 0 Å². The highest BCUT2D eigenvalue weighted by molar-refractivity contribution is 8.18. The van der Waals surface area contributed by atoms with Crippen molar-refractivity contribution in [2.75, 3.05) is 18.1 Å². The van der Waals surface area contributed by atoms with Crippen LogP contribution in [-0.4, -0.2) is 30.5 Å². The molecule has 0 aliphatic carbocycles. The fraction of sp³-hybridized carbons (Fsp3) is 0.636. The minimum Gasteiger partial charge on any atom is -0.407 e. The van der Waals surface area contributed by atoms with Gasteiger partial charge in [0.05, 0.1) is 4.08 Å². The normalized spacial score (nSPS) is 16.1. The maximum absolute atomic E-state index is 7.10. The predicted octanol–water partition coefficient (Wildman–Crippen LogP) is 9.44. The monoisotopic (exact) mass is 556 g/mol. The van der Waals surface area contributed by atoms with Gasteiger partial charge in [-0.3, -0.25) is 0 Å². The summed E-state index contributed by atoms with van der Waals surface area (Å²) in [5.41, 5.74) is 0. The maximum Gasteiger partial charge on any atom is 0.261 e. The molecule has 2 aromatic carbocycles. The predicted molar refractivity (Wildman–Crippen MR) is 172 cm³/mol. The molecule has 0 atom stereocenters. The highest BCUT2D eigenvalue weighted by atomic mass is 32.2. The molecule has 1 aliphatic heterocycles. The molecule has 206 valence electrons. The van der Waals surface area contributed by atoms with Gasteiger partial charge in [0.25, 0.3) is 8.32 Å². The zero-order valence-corrected chi connectivity index (χ0v) is 26.7. The van der Waals surface area contributed by atoms with Crippen molar-refractivity contribution in [3.8, 4) is 0 Å². The minimum absolute atomic E-state index is 0.0641. The van der Waals surface area contributed by atoms with Crippen LogP contribution in [0.15, 0.2) is 60.7 Å². The van der Waals surface area contributed by atoms with E-state index in [4.69, 9.17) is 4.43 Å². The van der Waals surface area contributed by atoms with E-state index in [1.165, 1.54) is 92.5 Å². The van der Waals surface area contributed by atoms with Gasteiger partial charge in [-0.1, -0.05) is 140 Å². The molecule has 3 rings (SSSR count). The van der Waals surface area contributed by atoms with E-state index < -0.39 is 8.32 Å². The number of thioether (sulfide) groups is 2. The van der Waals surface area contributed by atoms with Crippen LogP contribution in [0.1, 0.15) is 105 Å².